The zero-order valence-electron chi connectivity index (χ0n) is 15.6. The molecule has 0 amide bonds. The molecule has 0 atom stereocenters. The second-order valence-electron chi connectivity index (χ2n) is 5.99. The van der Waals surface area contributed by atoms with Gasteiger partial charge < -0.3 is 9.47 Å². The average molecular weight is 475 g/mol. The number of nitrogens with one attached hydrogen (secondary N) is 1. The Morgan fingerprint density at radius 3 is 2.41 bits per heavy atom. The summed E-state index contributed by atoms with van der Waals surface area (Å²) in [4.78, 5) is 2.32. The lowest BCUT2D eigenvalue weighted by Gasteiger charge is -2.11. The van der Waals surface area contributed by atoms with E-state index in [1.165, 1.54) is 18.3 Å². The van der Waals surface area contributed by atoms with Gasteiger partial charge in [0.25, 0.3) is 10.0 Å². The lowest BCUT2D eigenvalue weighted by atomic mass is 10.2. The summed E-state index contributed by atoms with van der Waals surface area (Å²) in [6.45, 7) is 0.414. The first kappa shape index (κ1) is 20.9. The van der Waals surface area contributed by atoms with Crippen LogP contribution in [-0.2, 0) is 16.6 Å². The van der Waals surface area contributed by atoms with Crippen molar-refractivity contribution in [3.63, 3.8) is 0 Å². The number of halogens is 1. The van der Waals surface area contributed by atoms with Crippen molar-refractivity contribution >= 4 is 32.2 Å². The molecule has 150 valence electrons. The smallest absolute Gasteiger partial charge is 0.276 e. The molecule has 3 rings (SSSR count). The molecule has 0 aliphatic rings. The van der Waals surface area contributed by atoms with Crippen LogP contribution in [0.25, 0.3) is 0 Å². The van der Waals surface area contributed by atoms with Crippen molar-refractivity contribution < 1.29 is 17.9 Å². The van der Waals surface area contributed by atoms with E-state index < -0.39 is 10.0 Å². The quantitative estimate of drug-likeness (QED) is 0.388. The Labute approximate surface area is 178 Å². The van der Waals surface area contributed by atoms with Crippen molar-refractivity contribution in [2.75, 3.05) is 7.11 Å². The van der Waals surface area contributed by atoms with E-state index in [0.717, 1.165) is 10.0 Å². The van der Waals surface area contributed by atoms with Gasteiger partial charge in [0.05, 0.1) is 18.2 Å². The van der Waals surface area contributed by atoms with Gasteiger partial charge in [-0.1, -0.05) is 46.3 Å². The molecule has 0 aliphatic heterocycles. The SMILES string of the molecule is COc1cc(/C=N/NS(=O)(=O)c2ccc(Br)cc2)ccc1OCc1ccccc1. The van der Waals surface area contributed by atoms with Crippen LogP contribution >= 0.6 is 15.9 Å². The molecule has 8 heteroatoms. The van der Waals surface area contributed by atoms with Crippen molar-refractivity contribution in [2.45, 2.75) is 11.5 Å². The second kappa shape index (κ2) is 9.58. The molecule has 0 saturated carbocycles. The number of hydrazone groups is 1. The van der Waals surface area contributed by atoms with Gasteiger partial charge in [-0.2, -0.15) is 13.5 Å². The topological polar surface area (TPSA) is 77.0 Å². The first-order chi connectivity index (χ1) is 14.0. The fourth-order valence-electron chi connectivity index (χ4n) is 2.46. The van der Waals surface area contributed by atoms with Crippen LogP contribution in [0.5, 0.6) is 11.5 Å². The molecular weight excluding hydrogens is 456 g/mol. The predicted octanol–water partition coefficient (Wildman–Crippen LogP) is 4.35. The largest absolute Gasteiger partial charge is 0.493 e. The third kappa shape index (κ3) is 5.82. The highest BCUT2D eigenvalue weighted by atomic mass is 79.9. The maximum absolute atomic E-state index is 12.2. The number of nitrogens with zero attached hydrogens (tertiary/aromatic N) is 1. The Bertz CT molecular complexity index is 1090. The second-order valence-corrected chi connectivity index (χ2v) is 8.57. The molecule has 0 unspecified atom stereocenters. The summed E-state index contributed by atoms with van der Waals surface area (Å²) in [5, 5.41) is 3.84. The van der Waals surface area contributed by atoms with Crippen LogP contribution in [0.1, 0.15) is 11.1 Å². The summed E-state index contributed by atoms with van der Waals surface area (Å²) in [6.07, 6.45) is 1.40. The van der Waals surface area contributed by atoms with Gasteiger partial charge in [-0.05, 0) is 53.6 Å². The van der Waals surface area contributed by atoms with Crippen LogP contribution in [0, 0.1) is 0 Å². The summed E-state index contributed by atoms with van der Waals surface area (Å²) < 4.78 is 36.5. The minimum atomic E-state index is -3.73. The zero-order chi connectivity index (χ0) is 20.7. The average Bonchev–Trinajstić information content (AvgIpc) is 2.73. The first-order valence-electron chi connectivity index (χ1n) is 8.63. The van der Waals surface area contributed by atoms with E-state index >= 15 is 0 Å². The third-order valence-corrected chi connectivity index (χ3v) is 5.70. The molecule has 29 heavy (non-hydrogen) atoms. The molecule has 0 aliphatic carbocycles. The third-order valence-electron chi connectivity index (χ3n) is 3.94. The Morgan fingerprint density at radius 1 is 1.00 bits per heavy atom. The number of sulfonamides is 1. The van der Waals surface area contributed by atoms with Crippen LogP contribution in [0.4, 0.5) is 0 Å². The van der Waals surface area contributed by atoms with E-state index in [1.807, 2.05) is 30.3 Å². The summed E-state index contributed by atoms with van der Waals surface area (Å²) >= 11 is 3.27. The molecule has 0 bridgehead atoms. The van der Waals surface area contributed by atoms with Crippen molar-refractivity contribution in [3.05, 3.63) is 88.4 Å². The molecule has 0 aromatic heterocycles. The molecule has 0 heterocycles. The van der Waals surface area contributed by atoms with Gasteiger partial charge >= 0.3 is 0 Å². The lowest BCUT2D eigenvalue weighted by molar-refractivity contribution is 0.284. The highest BCUT2D eigenvalue weighted by molar-refractivity contribution is 9.10. The standard InChI is InChI=1S/C21H19BrN2O4S/c1-27-21-13-17(7-12-20(21)28-15-16-5-3-2-4-6-16)14-23-24-29(25,26)19-10-8-18(22)9-11-19/h2-14,24H,15H2,1H3/b23-14+. The highest BCUT2D eigenvalue weighted by Gasteiger charge is 2.12. The lowest BCUT2D eigenvalue weighted by Crippen LogP contribution is -2.18. The number of hydrogen-bond acceptors (Lipinski definition) is 5. The predicted molar refractivity (Wildman–Crippen MR) is 116 cm³/mol. The van der Waals surface area contributed by atoms with E-state index in [-0.39, 0.29) is 4.90 Å². The van der Waals surface area contributed by atoms with Gasteiger partial charge in [-0.25, -0.2) is 4.83 Å². The maximum atomic E-state index is 12.2. The molecule has 0 spiro atoms. The molecule has 1 N–H and O–H groups in total. The van der Waals surface area contributed by atoms with E-state index in [4.69, 9.17) is 9.47 Å². The molecular formula is C21H19BrN2O4S. The zero-order valence-corrected chi connectivity index (χ0v) is 18.0. The molecule has 3 aromatic rings. The van der Waals surface area contributed by atoms with E-state index in [9.17, 15) is 8.42 Å². The molecule has 3 aromatic carbocycles. The Kier molecular flexibility index (Phi) is 6.90. The van der Waals surface area contributed by atoms with Crippen LogP contribution in [0.3, 0.4) is 0 Å². The number of benzene rings is 3. The van der Waals surface area contributed by atoms with Gasteiger partial charge in [-0.15, -0.1) is 0 Å². The van der Waals surface area contributed by atoms with Gasteiger partial charge in [0.15, 0.2) is 11.5 Å². The van der Waals surface area contributed by atoms with Crippen molar-refractivity contribution in [3.8, 4) is 11.5 Å². The van der Waals surface area contributed by atoms with Gasteiger partial charge in [0.1, 0.15) is 6.61 Å². The summed E-state index contributed by atoms with van der Waals surface area (Å²) in [5.41, 5.74) is 1.70. The minimum Gasteiger partial charge on any atom is -0.493 e. The van der Waals surface area contributed by atoms with Gasteiger partial charge in [0, 0.05) is 4.47 Å². The Hall–Kier alpha value is -2.84. The summed E-state index contributed by atoms with van der Waals surface area (Å²) in [7, 11) is -2.19. The summed E-state index contributed by atoms with van der Waals surface area (Å²) in [6, 6.07) is 21.3. The van der Waals surface area contributed by atoms with E-state index in [0.29, 0.717) is 23.7 Å². The first-order valence-corrected chi connectivity index (χ1v) is 10.9. The maximum Gasteiger partial charge on any atom is 0.276 e. The summed E-state index contributed by atoms with van der Waals surface area (Å²) in [5.74, 6) is 1.12. The van der Waals surface area contributed by atoms with Crippen molar-refractivity contribution in [1.29, 1.82) is 0 Å². The minimum absolute atomic E-state index is 0.125. The van der Waals surface area contributed by atoms with Crippen LogP contribution in [0.2, 0.25) is 0 Å². The van der Waals surface area contributed by atoms with Crippen molar-refractivity contribution in [2.24, 2.45) is 5.10 Å². The van der Waals surface area contributed by atoms with Crippen LogP contribution < -0.4 is 14.3 Å². The van der Waals surface area contributed by atoms with E-state index in [2.05, 4.69) is 25.9 Å². The van der Waals surface area contributed by atoms with Gasteiger partial charge in [-0.3, -0.25) is 0 Å². The normalized spacial score (nSPS) is 11.4. The molecule has 6 nitrogen and oxygen atoms in total. The van der Waals surface area contributed by atoms with Crippen LogP contribution in [-0.4, -0.2) is 21.7 Å². The number of hydrogen-bond donors (Lipinski definition) is 1. The Morgan fingerprint density at radius 2 is 1.72 bits per heavy atom. The molecule has 0 radical (unpaired) electrons. The number of ether oxygens (including phenoxy) is 2. The van der Waals surface area contributed by atoms with E-state index in [1.54, 1.807) is 37.4 Å². The monoisotopic (exact) mass is 474 g/mol. The number of rotatable bonds is 8. The fraction of sp³-hybridized carbons (Fsp3) is 0.0952. The van der Waals surface area contributed by atoms with Gasteiger partial charge in [0.2, 0.25) is 0 Å². The Balaban J connectivity index is 1.67. The molecule has 0 saturated heterocycles. The highest BCUT2D eigenvalue weighted by Crippen LogP contribution is 2.28. The fourth-order valence-corrected chi connectivity index (χ4v) is 3.51. The number of methoxy groups -OCH3 is 1. The van der Waals surface area contributed by atoms with Crippen LogP contribution in [0.15, 0.2) is 87.3 Å². The van der Waals surface area contributed by atoms with Crippen molar-refractivity contribution in [1.82, 2.24) is 4.83 Å². The molecule has 0 fully saturated rings.